The van der Waals surface area contributed by atoms with E-state index in [1.165, 1.54) is 25.1 Å². The Morgan fingerprint density at radius 1 is 1.12 bits per heavy atom. The number of rotatable bonds is 12. The molecule has 2 amide bonds. The average molecular weight is 611 g/mol. The van der Waals surface area contributed by atoms with Gasteiger partial charge < -0.3 is 30.2 Å². The molecule has 3 aromatic rings. The lowest BCUT2D eigenvalue weighted by molar-refractivity contribution is -0.189. The second kappa shape index (κ2) is 14.0. The minimum absolute atomic E-state index is 0.131. The predicted molar refractivity (Wildman–Crippen MR) is 151 cm³/mol. The second-order valence-corrected chi connectivity index (χ2v) is 10.5. The predicted octanol–water partition coefficient (Wildman–Crippen LogP) is 4.35. The van der Waals surface area contributed by atoms with E-state index < -0.39 is 36.4 Å². The van der Waals surface area contributed by atoms with Crippen molar-refractivity contribution in [3.63, 3.8) is 0 Å². The minimum atomic E-state index is -4.56. The highest BCUT2D eigenvalue weighted by Crippen LogP contribution is 2.31. The van der Waals surface area contributed by atoms with Crippen molar-refractivity contribution < 1.29 is 37.7 Å². The molecular formula is C29H34ClF3N4O5. The molecule has 42 heavy (non-hydrogen) atoms. The van der Waals surface area contributed by atoms with Gasteiger partial charge >= 0.3 is 6.18 Å². The van der Waals surface area contributed by atoms with Gasteiger partial charge in [0.05, 0.1) is 16.8 Å². The first-order valence-electron chi connectivity index (χ1n) is 13.2. The molecule has 0 spiro atoms. The maximum Gasteiger partial charge on any atom is 0.425 e. The summed E-state index contributed by atoms with van der Waals surface area (Å²) in [7, 11) is 1.77. The van der Waals surface area contributed by atoms with E-state index in [1.54, 1.807) is 24.7 Å². The Bertz CT molecular complexity index is 1380. The molecule has 13 heteroatoms. The number of nitrogens with zero attached hydrogens (tertiary/aromatic N) is 2. The monoisotopic (exact) mass is 610 g/mol. The number of carbonyl (C=O) groups excluding carboxylic acids is 2. The zero-order chi connectivity index (χ0) is 31.2. The summed E-state index contributed by atoms with van der Waals surface area (Å²) in [5.74, 6) is -0.486. The lowest BCUT2D eigenvalue weighted by atomic mass is 10.0. The van der Waals surface area contributed by atoms with Crippen LogP contribution in [0.3, 0.4) is 0 Å². The van der Waals surface area contributed by atoms with Crippen LogP contribution < -0.4 is 15.4 Å². The van der Waals surface area contributed by atoms with Gasteiger partial charge in [-0.3, -0.25) is 9.59 Å². The highest BCUT2D eigenvalue weighted by atomic mass is 35.5. The summed E-state index contributed by atoms with van der Waals surface area (Å²) >= 11 is 6.08. The van der Waals surface area contributed by atoms with Gasteiger partial charge in [0.25, 0.3) is 5.91 Å². The van der Waals surface area contributed by atoms with Gasteiger partial charge in [0, 0.05) is 43.9 Å². The van der Waals surface area contributed by atoms with Crippen molar-refractivity contribution in [3.8, 4) is 17.0 Å². The molecule has 2 aromatic carbocycles. The van der Waals surface area contributed by atoms with Crippen molar-refractivity contribution in [2.45, 2.75) is 64.1 Å². The summed E-state index contributed by atoms with van der Waals surface area (Å²) in [5, 5.41) is 25.1. The molecule has 0 aliphatic heterocycles. The van der Waals surface area contributed by atoms with Crippen LogP contribution in [0.4, 0.5) is 13.2 Å². The van der Waals surface area contributed by atoms with Crippen LogP contribution in [-0.4, -0.2) is 62.6 Å². The molecule has 0 saturated carbocycles. The zero-order valence-corrected chi connectivity index (χ0v) is 24.3. The molecule has 9 nitrogen and oxygen atoms in total. The van der Waals surface area contributed by atoms with E-state index in [4.69, 9.17) is 16.3 Å². The van der Waals surface area contributed by atoms with Crippen LogP contribution in [0.2, 0.25) is 5.02 Å². The number of hydrogen-bond acceptors (Lipinski definition) is 6. The molecule has 1 heterocycles. The van der Waals surface area contributed by atoms with Crippen LogP contribution in [0.25, 0.3) is 11.3 Å². The number of imidazole rings is 1. The molecule has 0 aliphatic rings. The zero-order valence-electron chi connectivity index (χ0n) is 23.6. The smallest absolute Gasteiger partial charge is 0.425 e. The van der Waals surface area contributed by atoms with Crippen LogP contribution in [0.1, 0.15) is 55.0 Å². The third kappa shape index (κ3) is 8.70. The van der Waals surface area contributed by atoms with Gasteiger partial charge in [-0.25, -0.2) is 4.98 Å². The quantitative estimate of drug-likeness (QED) is 0.242. The average Bonchev–Trinajstić information content (AvgIpc) is 3.29. The Labute approximate surface area is 246 Å². The maximum absolute atomic E-state index is 12.9. The molecule has 4 N–H and O–H groups in total. The Hall–Kier alpha value is -3.61. The minimum Gasteiger partial charge on any atom is -0.480 e. The molecule has 4 atom stereocenters. The molecular weight excluding hydrogens is 577 g/mol. The van der Waals surface area contributed by atoms with Gasteiger partial charge in [0.1, 0.15) is 17.6 Å². The number of alkyl halides is 3. The summed E-state index contributed by atoms with van der Waals surface area (Å²) in [4.78, 5) is 29.1. The number of benzene rings is 2. The lowest BCUT2D eigenvalue weighted by Gasteiger charge is -2.20. The van der Waals surface area contributed by atoms with E-state index in [2.05, 4.69) is 15.6 Å². The number of aliphatic hydroxyl groups excluding tert-OH is 2. The van der Waals surface area contributed by atoms with Crippen molar-refractivity contribution in [2.24, 2.45) is 7.05 Å². The maximum atomic E-state index is 12.9. The topological polar surface area (TPSA) is 126 Å². The standard InChI is InChI=1S/C29H34ClF3N4O5/c1-16(39)26(34-18(3)40)27-36-24(15-37(27)4)20-7-5-19(6-8-20)13-22(11-12-38)35-28(41)21-9-10-25(23(30)14-21)42-17(2)29(31,32)33/h5-10,14-17,22,26,38-39H,11-13H2,1-4H3,(H,34,40)(H,35,41)/t16-,17+,22+,26-/m0/s1. The highest BCUT2D eigenvalue weighted by Gasteiger charge is 2.38. The van der Waals surface area contributed by atoms with Crippen LogP contribution in [0.5, 0.6) is 5.75 Å². The normalized spacial score (nSPS) is 14.5. The molecule has 0 radical (unpaired) electrons. The fourth-order valence-electron chi connectivity index (χ4n) is 4.27. The Balaban J connectivity index is 1.70. The summed E-state index contributed by atoms with van der Waals surface area (Å²) in [6.45, 7) is 3.62. The summed E-state index contributed by atoms with van der Waals surface area (Å²) in [6, 6.07) is 10.1. The number of carbonyl (C=O) groups is 2. The van der Waals surface area contributed by atoms with Gasteiger partial charge in [-0.15, -0.1) is 0 Å². The van der Waals surface area contributed by atoms with Crippen LogP contribution in [-0.2, 0) is 18.3 Å². The Kier molecular flexibility index (Phi) is 11.0. The molecule has 1 aromatic heterocycles. The summed E-state index contributed by atoms with van der Waals surface area (Å²) < 4.78 is 45.0. The molecule has 0 fully saturated rings. The van der Waals surface area contributed by atoms with Crippen molar-refractivity contribution in [1.29, 1.82) is 0 Å². The van der Waals surface area contributed by atoms with Gasteiger partial charge in [0.15, 0.2) is 6.10 Å². The number of nitrogens with one attached hydrogen (secondary N) is 2. The van der Waals surface area contributed by atoms with Gasteiger partial charge in [-0.05, 0) is 50.5 Å². The first kappa shape index (κ1) is 32.9. The molecule has 228 valence electrons. The fourth-order valence-corrected chi connectivity index (χ4v) is 4.49. The Morgan fingerprint density at radius 3 is 2.33 bits per heavy atom. The highest BCUT2D eigenvalue weighted by molar-refractivity contribution is 6.32. The lowest BCUT2D eigenvalue weighted by Crippen LogP contribution is -2.37. The third-order valence-corrected chi connectivity index (χ3v) is 6.83. The number of aliphatic hydroxyl groups is 2. The summed E-state index contributed by atoms with van der Waals surface area (Å²) in [6.07, 6.45) is -5.04. The van der Waals surface area contributed by atoms with Crippen LogP contribution in [0.15, 0.2) is 48.7 Å². The van der Waals surface area contributed by atoms with Crippen LogP contribution in [0, 0.1) is 0 Å². The van der Waals surface area contributed by atoms with Gasteiger partial charge in [0.2, 0.25) is 5.91 Å². The van der Waals surface area contributed by atoms with Crippen molar-refractivity contribution >= 4 is 23.4 Å². The van der Waals surface area contributed by atoms with Crippen LogP contribution >= 0.6 is 11.6 Å². The van der Waals surface area contributed by atoms with Crippen molar-refractivity contribution in [2.75, 3.05) is 6.61 Å². The van der Waals surface area contributed by atoms with Gasteiger partial charge in [-0.1, -0.05) is 35.9 Å². The first-order chi connectivity index (χ1) is 19.7. The number of hydrogen-bond donors (Lipinski definition) is 4. The largest absolute Gasteiger partial charge is 0.480 e. The van der Waals surface area contributed by atoms with Crippen molar-refractivity contribution in [1.82, 2.24) is 20.2 Å². The van der Waals surface area contributed by atoms with E-state index in [1.807, 2.05) is 24.3 Å². The van der Waals surface area contributed by atoms with E-state index in [-0.39, 0.29) is 35.3 Å². The fraction of sp³-hybridized carbons (Fsp3) is 0.414. The van der Waals surface area contributed by atoms with E-state index in [0.717, 1.165) is 18.1 Å². The molecule has 0 unspecified atom stereocenters. The van der Waals surface area contributed by atoms with Crippen molar-refractivity contribution in [3.05, 3.63) is 70.6 Å². The van der Waals surface area contributed by atoms with E-state index in [0.29, 0.717) is 17.9 Å². The van der Waals surface area contributed by atoms with Gasteiger partial charge in [-0.2, -0.15) is 13.2 Å². The number of ether oxygens (including phenoxy) is 1. The number of aromatic nitrogens is 2. The van der Waals surface area contributed by atoms with E-state index in [9.17, 15) is 33.0 Å². The van der Waals surface area contributed by atoms with E-state index >= 15 is 0 Å². The number of aryl methyl sites for hydroxylation is 1. The number of amides is 2. The second-order valence-electron chi connectivity index (χ2n) is 10.0. The molecule has 0 bridgehead atoms. The summed E-state index contributed by atoms with van der Waals surface area (Å²) in [5.41, 5.74) is 2.44. The first-order valence-corrected chi connectivity index (χ1v) is 13.6. The number of halogens is 4. The third-order valence-electron chi connectivity index (χ3n) is 6.53. The molecule has 0 saturated heterocycles. The molecule has 3 rings (SSSR count). The molecule has 0 aliphatic carbocycles. The SMILES string of the molecule is CC(=O)N[C@H](c1nc(-c2ccc(C[C@@H](CCO)NC(=O)c3ccc(O[C@H](C)C(F)(F)F)c(Cl)c3)cc2)cn1C)[C@H](C)O. The Morgan fingerprint density at radius 2 is 1.79 bits per heavy atom.